The van der Waals surface area contributed by atoms with E-state index in [9.17, 15) is 10.0 Å². The minimum atomic E-state index is -0.468. The Morgan fingerprint density at radius 1 is 1.26 bits per heavy atom. The summed E-state index contributed by atoms with van der Waals surface area (Å²) >= 11 is 1.11. The van der Waals surface area contributed by atoms with Crippen molar-refractivity contribution < 1.29 is 18.8 Å². The van der Waals surface area contributed by atoms with Crippen LogP contribution in [0, 0.1) is 5.21 Å². The van der Waals surface area contributed by atoms with Crippen LogP contribution in [0.1, 0.15) is 31.2 Å². The van der Waals surface area contributed by atoms with Crippen molar-refractivity contribution in [1.82, 2.24) is 10.1 Å². The summed E-state index contributed by atoms with van der Waals surface area (Å²) in [7, 11) is 0. The molecule has 27 heavy (non-hydrogen) atoms. The molecule has 0 spiro atoms. The van der Waals surface area contributed by atoms with Gasteiger partial charge in [0.1, 0.15) is 5.75 Å². The van der Waals surface area contributed by atoms with E-state index >= 15 is 0 Å². The van der Waals surface area contributed by atoms with Gasteiger partial charge in [0.15, 0.2) is 12.8 Å². The lowest BCUT2D eigenvalue weighted by atomic mass is 10.0. The quantitative estimate of drug-likeness (QED) is 0.266. The van der Waals surface area contributed by atoms with Gasteiger partial charge in [0.2, 0.25) is 5.82 Å². The van der Waals surface area contributed by atoms with Crippen molar-refractivity contribution in [2.24, 2.45) is 0 Å². The summed E-state index contributed by atoms with van der Waals surface area (Å²) in [6.07, 6.45) is 1.38. The van der Waals surface area contributed by atoms with E-state index in [2.05, 4.69) is 24.0 Å². The van der Waals surface area contributed by atoms with E-state index in [1.54, 1.807) is 18.2 Å². The number of carbonyl (C=O) groups excluding carboxylic acids is 1. The van der Waals surface area contributed by atoms with E-state index in [0.29, 0.717) is 21.5 Å². The lowest BCUT2D eigenvalue weighted by Gasteiger charge is -2.04. The summed E-state index contributed by atoms with van der Waals surface area (Å²) in [4.78, 5) is 16.1. The Morgan fingerprint density at radius 3 is 2.74 bits per heavy atom. The Bertz CT molecular complexity index is 909. The predicted octanol–water partition coefficient (Wildman–Crippen LogP) is 3.33. The SMILES string of the molecule is CC(C)c1ccc(-c2noc(COC(=O)CSc3cccc[n+]3[O-])n2)cc1. The molecule has 0 bridgehead atoms. The van der Waals surface area contributed by atoms with Gasteiger partial charge < -0.3 is 14.5 Å². The number of hydrogen-bond acceptors (Lipinski definition) is 7. The summed E-state index contributed by atoms with van der Waals surface area (Å²) in [6, 6.07) is 12.9. The second-order valence-electron chi connectivity index (χ2n) is 6.10. The standard InChI is InChI=1S/C19H19N3O4S/c1-13(2)14-6-8-15(9-7-14)19-20-16(26-21-19)11-25-18(23)12-27-17-5-3-4-10-22(17)24/h3-10,13H,11-12H2,1-2H3. The minimum absolute atomic E-state index is 0.0178. The van der Waals surface area contributed by atoms with E-state index in [4.69, 9.17) is 9.26 Å². The third-order valence-electron chi connectivity index (χ3n) is 3.79. The van der Waals surface area contributed by atoms with E-state index in [-0.39, 0.29) is 18.3 Å². The number of pyridine rings is 1. The fourth-order valence-corrected chi connectivity index (χ4v) is 3.00. The third-order valence-corrected chi connectivity index (χ3v) is 4.78. The zero-order valence-electron chi connectivity index (χ0n) is 15.0. The zero-order valence-corrected chi connectivity index (χ0v) is 15.8. The Morgan fingerprint density at radius 2 is 2.04 bits per heavy atom. The summed E-state index contributed by atoms with van der Waals surface area (Å²) in [5.41, 5.74) is 2.06. The highest BCUT2D eigenvalue weighted by atomic mass is 32.2. The number of nitrogens with zero attached hydrogens (tertiary/aromatic N) is 3. The van der Waals surface area contributed by atoms with Gasteiger partial charge in [-0.05, 0) is 29.3 Å². The second kappa shape index (κ2) is 8.68. The van der Waals surface area contributed by atoms with E-state index in [0.717, 1.165) is 17.3 Å². The van der Waals surface area contributed by atoms with Crippen LogP contribution in [-0.4, -0.2) is 21.9 Å². The molecular formula is C19H19N3O4S. The fourth-order valence-electron chi connectivity index (χ4n) is 2.29. The number of carbonyl (C=O) groups is 1. The van der Waals surface area contributed by atoms with Gasteiger partial charge >= 0.3 is 5.97 Å². The Hall–Kier alpha value is -2.87. The number of benzene rings is 1. The average Bonchev–Trinajstić information content (AvgIpc) is 3.15. The number of rotatable bonds is 7. The van der Waals surface area contributed by atoms with Gasteiger partial charge in [0.25, 0.3) is 10.9 Å². The number of ether oxygens (including phenoxy) is 1. The summed E-state index contributed by atoms with van der Waals surface area (Å²) in [6.45, 7) is 4.15. The molecule has 3 aromatic rings. The molecule has 0 unspecified atom stereocenters. The first-order chi connectivity index (χ1) is 13.0. The van der Waals surface area contributed by atoms with Gasteiger partial charge in [-0.3, -0.25) is 4.79 Å². The zero-order chi connectivity index (χ0) is 19.2. The molecule has 0 saturated carbocycles. The molecule has 0 radical (unpaired) electrons. The van der Waals surface area contributed by atoms with Gasteiger partial charge in [-0.2, -0.15) is 9.71 Å². The monoisotopic (exact) mass is 385 g/mol. The molecule has 140 valence electrons. The predicted molar refractivity (Wildman–Crippen MR) is 99.7 cm³/mol. The number of hydrogen-bond donors (Lipinski definition) is 0. The molecule has 1 aromatic carbocycles. The molecule has 0 saturated heterocycles. The van der Waals surface area contributed by atoms with Gasteiger partial charge in [0.05, 0.1) is 0 Å². The van der Waals surface area contributed by atoms with Crippen molar-refractivity contribution in [3.8, 4) is 11.4 Å². The van der Waals surface area contributed by atoms with Crippen LogP contribution in [0.25, 0.3) is 11.4 Å². The van der Waals surface area contributed by atoms with E-state index < -0.39 is 5.97 Å². The summed E-state index contributed by atoms with van der Waals surface area (Å²) in [5, 5.41) is 15.9. The highest BCUT2D eigenvalue weighted by molar-refractivity contribution is 7.99. The molecule has 3 rings (SSSR count). The topological polar surface area (TPSA) is 92.2 Å². The maximum Gasteiger partial charge on any atom is 0.317 e. The van der Waals surface area contributed by atoms with Crippen LogP contribution in [0.5, 0.6) is 0 Å². The average molecular weight is 385 g/mol. The number of aromatic nitrogens is 3. The first kappa shape index (κ1) is 18.9. The molecule has 2 heterocycles. The van der Waals surface area contributed by atoms with Gasteiger partial charge in [-0.15, -0.1) is 0 Å². The molecule has 0 aliphatic rings. The lowest BCUT2D eigenvalue weighted by molar-refractivity contribution is -0.645. The van der Waals surface area contributed by atoms with Crippen LogP contribution in [0.15, 0.2) is 58.2 Å². The normalized spacial score (nSPS) is 10.9. The molecule has 0 N–H and O–H groups in total. The van der Waals surface area contributed by atoms with Gasteiger partial charge in [-0.1, -0.05) is 43.3 Å². The maximum absolute atomic E-state index is 11.8. The first-order valence-electron chi connectivity index (χ1n) is 8.42. The largest absolute Gasteiger partial charge is 0.618 e. The Labute approximate surface area is 160 Å². The van der Waals surface area contributed by atoms with Crippen molar-refractivity contribution in [3.05, 3.63) is 65.3 Å². The van der Waals surface area contributed by atoms with Crippen molar-refractivity contribution in [1.29, 1.82) is 0 Å². The molecular weight excluding hydrogens is 366 g/mol. The Kier molecular flexibility index (Phi) is 6.08. The molecule has 0 fully saturated rings. The molecule has 7 nitrogen and oxygen atoms in total. The second-order valence-corrected chi connectivity index (χ2v) is 7.10. The van der Waals surface area contributed by atoms with Crippen LogP contribution in [0.4, 0.5) is 0 Å². The van der Waals surface area contributed by atoms with E-state index in [1.807, 2.05) is 24.3 Å². The summed E-state index contributed by atoms with van der Waals surface area (Å²) < 4.78 is 11.0. The number of esters is 1. The molecule has 2 aromatic heterocycles. The highest BCUT2D eigenvalue weighted by Crippen LogP contribution is 2.20. The molecule has 8 heteroatoms. The van der Waals surface area contributed by atoms with Crippen LogP contribution in [0.3, 0.4) is 0 Å². The van der Waals surface area contributed by atoms with Crippen molar-refractivity contribution in [2.75, 3.05) is 5.75 Å². The van der Waals surface area contributed by atoms with E-state index in [1.165, 1.54) is 11.8 Å². The van der Waals surface area contributed by atoms with Crippen LogP contribution >= 0.6 is 11.8 Å². The van der Waals surface area contributed by atoms with Crippen LogP contribution in [-0.2, 0) is 16.1 Å². The van der Waals surface area contributed by atoms with Gasteiger partial charge in [0, 0.05) is 17.7 Å². The highest BCUT2D eigenvalue weighted by Gasteiger charge is 2.13. The first-order valence-corrected chi connectivity index (χ1v) is 9.41. The molecule has 0 aliphatic carbocycles. The van der Waals surface area contributed by atoms with Crippen molar-refractivity contribution in [3.63, 3.8) is 0 Å². The van der Waals surface area contributed by atoms with Gasteiger partial charge in [-0.25, -0.2) is 0 Å². The summed E-state index contributed by atoms with van der Waals surface area (Å²) in [5.74, 6) is 0.663. The maximum atomic E-state index is 11.8. The van der Waals surface area contributed by atoms with Crippen LogP contribution in [0.2, 0.25) is 0 Å². The van der Waals surface area contributed by atoms with Crippen LogP contribution < -0.4 is 4.73 Å². The third kappa shape index (κ3) is 5.07. The fraction of sp³-hybridized carbons (Fsp3) is 0.263. The Balaban J connectivity index is 1.52. The van der Waals surface area contributed by atoms with Crippen molar-refractivity contribution in [2.45, 2.75) is 31.4 Å². The number of thioether (sulfide) groups is 1. The smallest absolute Gasteiger partial charge is 0.317 e. The van der Waals surface area contributed by atoms with Crippen molar-refractivity contribution >= 4 is 17.7 Å². The molecule has 0 amide bonds. The lowest BCUT2D eigenvalue weighted by Crippen LogP contribution is -2.28. The molecule has 0 atom stereocenters. The molecule has 0 aliphatic heterocycles. The minimum Gasteiger partial charge on any atom is -0.618 e.